The summed E-state index contributed by atoms with van der Waals surface area (Å²) in [5.41, 5.74) is 4.30. The Kier molecular flexibility index (Phi) is 7.14. The molecule has 0 saturated carbocycles. The fraction of sp³-hybridized carbons (Fsp3) is 0.154. The molecule has 0 bridgehead atoms. The van der Waals surface area contributed by atoms with Gasteiger partial charge in [-0.25, -0.2) is 4.98 Å². The molecule has 0 aliphatic carbocycles. The first kappa shape index (κ1) is 22.0. The summed E-state index contributed by atoms with van der Waals surface area (Å²) >= 11 is 7.23. The normalized spacial score (nSPS) is 10.6. The van der Waals surface area contributed by atoms with Gasteiger partial charge in [0.05, 0.1) is 36.3 Å². The Balaban J connectivity index is 1.58. The van der Waals surface area contributed by atoms with Crippen molar-refractivity contribution in [3.63, 3.8) is 0 Å². The minimum absolute atomic E-state index is 0.593. The van der Waals surface area contributed by atoms with Crippen molar-refractivity contribution in [3.8, 4) is 33.2 Å². The van der Waals surface area contributed by atoms with Crippen LogP contribution in [-0.4, -0.2) is 24.2 Å². The van der Waals surface area contributed by atoms with Gasteiger partial charge in [0.15, 0.2) is 0 Å². The number of aromatic nitrogens is 1. The van der Waals surface area contributed by atoms with Crippen molar-refractivity contribution in [2.75, 3.05) is 14.2 Å². The molecule has 0 aliphatic rings. The molecule has 3 aromatic carbocycles. The molecule has 0 spiro atoms. The number of rotatable bonds is 8. The van der Waals surface area contributed by atoms with Crippen LogP contribution in [0.15, 0.2) is 78.9 Å². The Bertz CT molecular complexity index is 1110. The number of nitrogens with zero attached hydrogens (tertiary/aromatic N) is 1. The lowest BCUT2D eigenvalue weighted by atomic mass is 10.1. The van der Waals surface area contributed by atoms with Gasteiger partial charge in [-0.1, -0.05) is 42.5 Å². The molecule has 6 heteroatoms. The van der Waals surface area contributed by atoms with Gasteiger partial charge >= 0.3 is 0 Å². The Morgan fingerprint density at radius 1 is 0.844 bits per heavy atom. The Morgan fingerprint density at radius 3 is 2.03 bits per heavy atom. The molecule has 4 aromatic rings. The molecule has 0 atom stereocenters. The summed E-state index contributed by atoms with van der Waals surface area (Å²) < 4.78 is 10.6. The third-order valence-electron chi connectivity index (χ3n) is 5.03. The quantitative estimate of drug-likeness (QED) is 0.319. The second-order valence-electron chi connectivity index (χ2n) is 7.18. The molecule has 32 heavy (non-hydrogen) atoms. The average molecular weight is 461 g/mol. The zero-order valence-corrected chi connectivity index (χ0v) is 19.6. The average Bonchev–Trinajstić information content (AvgIpc) is 3.28. The molecule has 0 amide bonds. The van der Waals surface area contributed by atoms with Gasteiger partial charge in [-0.15, -0.1) is 11.3 Å². The van der Waals surface area contributed by atoms with Crippen molar-refractivity contribution in [2.24, 2.45) is 0 Å². The van der Waals surface area contributed by atoms with E-state index >= 15 is 0 Å². The van der Waals surface area contributed by atoms with Crippen molar-refractivity contribution in [2.45, 2.75) is 13.0 Å². The Labute approximate surface area is 197 Å². The maximum absolute atomic E-state index is 5.56. The van der Waals surface area contributed by atoms with E-state index in [9.17, 15) is 0 Å². The Hall–Kier alpha value is -3.22. The second-order valence-corrected chi connectivity index (χ2v) is 8.76. The summed E-state index contributed by atoms with van der Waals surface area (Å²) in [6.45, 7) is 0.593. The third kappa shape index (κ3) is 5.33. The maximum atomic E-state index is 5.56. The van der Waals surface area contributed by atoms with Crippen LogP contribution in [0, 0.1) is 0 Å². The van der Waals surface area contributed by atoms with Gasteiger partial charge in [-0.05, 0) is 59.7 Å². The van der Waals surface area contributed by atoms with Crippen LogP contribution in [0.3, 0.4) is 0 Å². The van der Waals surface area contributed by atoms with E-state index in [4.69, 9.17) is 26.7 Å². The van der Waals surface area contributed by atoms with E-state index in [1.807, 2.05) is 54.6 Å². The first-order valence-electron chi connectivity index (χ1n) is 10.3. The SMILES string of the molecule is COc1ccc(-c2nc(CNC(=S)Cc3ccccc3)sc2-c2ccc(OC)cc2)cc1. The minimum atomic E-state index is 0.593. The highest BCUT2D eigenvalue weighted by Crippen LogP contribution is 2.38. The lowest BCUT2D eigenvalue weighted by molar-refractivity contribution is 0.414. The van der Waals surface area contributed by atoms with Gasteiger partial charge in [0, 0.05) is 12.0 Å². The molecule has 4 nitrogen and oxygen atoms in total. The summed E-state index contributed by atoms with van der Waals surface area (Å²) in [4.78, 5) is 6.88. The van der Waals surface area contributed by atoms with Crippen LogP contribution in [0.2, 0.25) is 0 Å². The van der Waals surface area contributed by atoms with Crippen molar-refractivity contribution < 1.29 is 9.47 Å². The fourth-order valence-electron chi connectivity index (χ4n) is 3.34. The predicted molar refractivity (Wildman–Crippen MR) is 136 cm³/mol. The smallest absolute Gasteiger partial charge is 0.118 e. The first-order chi connectivity index (χ1) is 15.7. The lowest BCUT2D eigenvalue weighted by Gasteiger charge is -2.06. The van der Waals surface area contributed by atoms with E-state index in [2.05, 4.69) is 29.6 Å². The van der Waals surface area contributed by atoms with Crippen molar-refractivity contribution >= 4 is 28.5 Å². The molecule has 0 radical (unpaired) electrons. The molecule has 0 unspecified atom stereocenters. The largest absolute Gasteiger partial charge is 0.497 e. The summed E-state index contributed by atoms with van der Waals surface area (Å²) in [6.07, 6.45) is 0.720. The predicted octanol–water partition coefficient (Wildman–Crippen LogP) is 6.15. The van der Waals surface area contributed by atoms with E-state index in [1.54, 1.807) is 25.6 Å². The zero-order chi connectivity index (χ0) is 22.3. The van der Waals surface area contributed by atoms with E-state index in [1.165, 1.54) is 5.56 Å². The van der Waals surface area contributed by atoms with Crippen molar-refractivity contribution in [1.82, 2.24) is 10.3 Å². The van der Waals surface area contributed by atoms with Gasteiger partial charge in [-0.2, -0.15) is 0 Å². The number of nitrogens with one attached hydrogen (secondary N) is 1. The summed E-state index contributed by atoms with van der Waals surface area (Å²) in [5, 5.41) is 4.35. The number of thiocarbonyl (C=S) groups is 1. The van der Waals surface area contributed by atoms with E-state index in [0.717, 1.165) is 49.6 Å². The summed E-state index contributed by atoms with van der Waals surface area (Å²) in [5.74, 6) is 1.65. The highest BCUT2D eigenvalue weighted by molar-refractivity contribution is 7.80. The molecule has 0 saturated heterocycles. The highest BCUT2D eigenvalue weighted by atomic mass is 32.1. The van der Waals surface area contributed by atoms with Gasteiger partial charge in [-0.3, -0.25) is 0 Å². The second kappa shape index (κ2) is 10.4. The number of hydrogen-bond acceptors (Lipinski definition) is 5. The van der Waals surface area contributed by atoms with Crippen LogP contribution < -0.4 is 14.8 Å². The highest BCUT2D eigenvalue weighted by Gasteiger charge is 2.16. The molecular formula is C26H24N2O2S2. The topological polar surface area (TPSA) is 43.4 Å². The molecule has 1 N–H and O–H groups in total. The molecule has 1 aromatic heterocycles. The number of benzene rings is 3. The van der Waals surface area contributed by atoms with E-state index in [-0.39, 0.29) is 0 Å². The fourth-order valence-corrected chi connectivity index (χ4v) is 4.61. The van der Waals surface area contributed by atoms with Gasteiger partial charge in [0.2, 0.25) is 0 Å². The number of methoxy groups -OCH3 is 2. The first-order valence-corrected chi connectivity index (χ1v) is 11.5. The van der Waals surface area contributed by atoms with Crippen LogP contribution in [-0.2, 0) is 13.0 Å². The molecule has 162 valence electrons. The van der Waals surface area contributed by atoms with Gasteiger partial charge < -0.3 is 14.8 Å². The zero-order valence-electron chi connectivity index (χ0n) is 18.0. The molecule has 0 aliphatic heterocycles. The number of hydrogen-bond donors (Lipinski definition) is 1. The molecular weight excluding hydrogens is 436 g/mol. The van der Waals surface area contributed by atoms with Crippen LogP contribution in [0.25, 0.3) is 21.7 Å². The molecule has 1 heterocycles. The maximum Gasteiger partial charge on any atom is 0.118 e. The summed E-state index contributed by atoms with van der Waals surface area (Å²) in [6, 6.07) is 26.3. The van der Waals surface area contributed by atoms with Crippen molar-refractivity contribution in [3.05, 3.63) is 89.4 Å². The minimum Gasteiger partial charge on any atom is -0.497 e. The number of thiazole rings is 1. The van der Waals surface area contributed by atoms with Gasteiger partial charge in [0.25, 0.3) is 0 Å². The monoisotopic (exact) mass is 460 g/mol. The van der Waals surface area contributed by atoms with Crippen LogP contribution in [0.4, 0.5) is 0 Å². The van der Waals surface area contributed by atoms with Crippen LogP contribution in [0.5, 0.6) is 11.5 Å². The van der Waals surface area contributed by atoms with Crippen LogP contribution in [0.1, 0.15) is 10.6 Å². The van der Waals surface area contributed by atoms with Crippen molar-refractivity contribution in [1.29, 1.82) is 0 Å². The van der Waals surface area contributed by atoms with E-state index < -0.39 is 0 Å². The third-order valence-corrected chi connectivity index (χ3v) is 6.42. The Morgan fingerprint density at radius 2 is 1.44 bits per heavy atom. The standard InChI is InChI=1S/C26H24N2O2S2/c1-29-21-12-8-19(9-13-21)25-26(20-10-14-22(30-2)15-11-20)32-24(28-25)17-27-23(31)16-18-6-4-3-5-7-18/h3-15H,16-17H2,1-2H3,(H,27,31). The van der Waals surface area contributed by atoms with E-state index in [0.29, 0.717) is 6.54 Å². The van der Waals surface area contributed by atoms with Crippen LogP contribution >= 0.6 is 23.6 Å². The number of ether oxygens (including phenoxy) is 2. The molecule has 4 rings (SSSR count). The summed E-state index contributed by atoms with van der Waals surface area (Å²) in [7, 11) is 3.34. The lowest BCUT2D eigenvalue weighted by Crippen LogP contribution is -2.22. The molecule has 0 fully saturated rings. The van der Waals surface area contributed by atoms with Gasteiger partial charge in [0.1, 0.15) is 16.5 Å².